The van der Waals surface area contributed by atoms with Gasteiger partial charge >= 0.3 is 0 Å². The van der Waals surface area contributed by atoms with Crippen LogP contribution in [0.2, 0.25) is 0 Å². The van der Waals surface area contributed by atoms with Crippen LogP contribution in [-0.4, -0.2) is 35.4 Å². The van der Waals surface area contributed by atoms with E-state index in [4.69, 9.17) is 9.47 Å². The Kier molecular flexibility index (Phi) is 3.44. The van der Waals surface area contributed by atoms with Crippen LogP contribution in [-0.2, 0) is 14.3 Å². The van der Waals surface area contributed by atoms with E-state index in [1.165, 1.54) is 11.8 Å². The third-order valence-electron chi connectivity index (χ3n) is 5.63. The zero-order valence-corrected chi connectivity index (χ0v) is 15.2. The van der Waals surface area contributed by atoms with Gasteiger partial charge in [0.25, 0.3) is 0 Å². The van der Waals surface area contributed by atoms with Gasteiger partial charge in [-0.1, -0.05) is 12.2 Å². The lowest BCUT2D eigenvalue weighted by Gasteiger charge is -2.26. The standard InChI is InChI=1S/C20H21NO5/c1-5-25-14-7-6-12(11(2)22)10-13(14)21-17(23)15-16(18(21)24)20(4)9-8-19(15,3)26-20/h6-10,15-16H,5H2,1-4H3/t15-,16-,19-,20-/m0/s1. The highest BCUT2D eigenvalue weighted by atomic mass is 16.5. The molecule has 0 radical (unpaired) electrons. The summed E-state index contributed by atoms with van der Waals surface area (Å²) < 4.78 is 11.6. The number of fused-ring (bicyclic) bond motifs is 5. The molecule has 3 heterocycles. The van der Waals surface area contributed by atoms with Crippen LogP contribution < -0.4 is 9.64 Å². The van der Waals surface area contributed by atoms with Gasteiger partial charge in [-0.25, -0.2) is 4.90 Å². The molecule has 1 aromatic carbocycles. The molecular formula is C20H21NO5. The monoisotopic (exact) mass is 355 g/mol. The second kappa shape index (κ2) is 5.27. The summed E-state index contributed by atoms with van der Waals surface area (Å²) in [7, 11) is 0. The molecule has 6 nitrogen and oxygen atoms in total. The third-order valence-corrected chi connectivity index (χ3v) is 5.63. The van der Waals surface area contributed by atoms with Crippen molar-refractivity contribution in [2.45, 2.75) is 38.9 Å². The zero-order chi connectivity index (χ0) is 18.9. The van der Waals surface area contributed by atoms with Crippen LogP contribution in [0.15, 0.2) is 30.4 Å². The van der Waals surface area contributed by atoms with E-state index < -0.39 is 23.0 Å². The molecule has 0 aromatic heterocycles. The second-order valence-corrected chi connectivity index (χ2v) is 7.44. The Hall–Kier alpha value is -2.47. The number of nitrogens with zero attached hydrogens (tertiary/aromatic N) is 1. The number of carbonyl (C=O) groups is 3. The fourth-order valence-electron chi connectivity index (χ4n) is 4.46. The minimum absolute atomic E-state index is 0.141. The average Bonchev–Trinajstić information content (AvgIpc) is 3.12. The number of carbonyl (C=O) groups excluding carboxylic acids is 3. The van der Waals surface area contributed by atoms with Crippen molar-refractivity contribution in [3.05, 3.63) is 35.9 Å². The van der Waals surface area contributed by atoms with Crippen LogP contribution in [0.4, 0.5) is 5.69 Å². The number of benzene rings is 1. The molecule has 2 bridgehead atoms. The summed E-state index contributed by atoms with van der Waals surface area (Å²) in [6.07, 6.45) is 3.75. The minimum atomic E-state index is -0.787. The number of imide groups is 1. The van der Waals surface area contributed by atoms with Crippen LogP contribution in [0.25, 0.3) is 0 Å². The number of ether oxygens (including phenoxy) is 2. The lowest BCUT2D eigenvalue weighted by atomic mass is 9.73. The maximum atomic E-state index is 13.2. The van der Waals surface area contributed by atoms with Crippen molar-refractivity contribution in [2.75, 3.05) is 11.5 Å². The molecule has 0 N–H and O–H groups in total. The van der Waals surface area contributed by atoms with Gasteiger partial charge in [0.1, 0.15) is 5.75 Å². The molecular weight excluding hydrogens is 334 g/mol. The molecule has 2 saturated heterocycles. The van der Waals surface area contributed by atoms with Gasteiger partial charge in [0.05, 0.1) is 35.3 Å². The molecule has 4 rings (SSSR count). The highest BCUT2D eigenvalue weighted by Crippen LogP contribution is 2.58. The van der Waals surface area contributed by atoms with Crippen molar-refractivity contribution in [1.82, 2.24) is 0 Å². The number of anilines is 1. The number of ketones is 1. The summed E-state index contributed by atoms with van der Waals surface area (Å²) in [5.74, 6) is -1.48. The van der Waals surface area contributed by atoms with E-state index in [0.717, 1.165) is 0 Å². The van der Waals surface area contributed by atoms with Gasteiger partial charge < -0.3 is 9.47 Å². The van der Waals surface area contributed by atoms with Crippen molar-refractivity contribution >= 4 is 23.3 Å². The Morgan fingerprint density at radius 3 is 2.23 bits per heavy atom. The summed E-state index contributed by atoms with van der Waals surface area (Å²) in [5.41, 5.74) is -0.818. The molecule has 2 amide bonds. The highest BCUT2D eigenvalue weighted by Gasteiger charge is 2.70. The highest BCUT2D eigenvalue weighted by molar-refractivity contribution is 6.24. The first-order valence-corrected chi connectivity index (χ1v) is 8.78. The Labute approximate surface area is 151 Å². The van der Waals surface area contributed by atoms with Gasteiger partial charge in [0.15, 0.2) is 5.78 Å². The molecule has 4 atom stereocenters. The van der Waals surface area contributed by atoms with Crippen LogP contribution in [0.1, 0.15) is 38.1 Å². The normalized spacial score (nSPS) is 34.5. The third kappa shape index (κ3) is 2.05. The number of hydrogen-bond acceptors (Lipinski definition) is 5. The summed E-state index contributed by atoms with van der Waals surface area (Å²) in [4.78, 5) is 39.4. The van der Waals surface area contributed by atoms with Crippen molar-refractivity contribution in [3.8, 4) is 5.75 Å². The molecule has 3 aliphatic rings. The molecule has 3 aliphatic heterocycles. The fourth-order valence-corrected chi connectivity index (χ4v) is 4.46. The molecule has 0 spiro atoms. The van der Waals surface area contributed by atoms with E-state index in [1.54, 1.807) is 18.2 Å². The van der Waals surface area contributed by atoms with Crippen LogP contribution in [0, 0.1) is 11.8 Å². The van der Waals surface area contributed by atoms with Crippen LogP contribution >= 0.6 is 0 Å². The Morgan fingerprint density at radius 1 is 1.15 bits per heavy atom. The maximum Gasteiger partial charge on any atom is 0.241 e. The fraction of sp³-hybridized carbons (Fsp3) is 0.450. The summed E-state index contributed by atoms with van der Waals surface area (Å²) >= 11 is 0. The quantitative estimate of drug-likeness (QED) is 0.471. The van der Waals surface area contributed by atoms with E-state index in [-0.39, 0.29) is 17.6 Å². The predicted octanol–water partition coefficient (Wildman–Crippen LogP) is 2.51. The van der Waals surface area contributed by atoms with Crippen molar-refractivity contribution < 1.29 is 23.9 Å². The molecule has 2 fully saturated rings. The minimum Gasteiger partial charge on any atom is -0.492 e. The van der Waals surface area contributed by atoms with E-state index in [2.05, 4.69) is 0 Å². The molecule has 136 valence electrons. The summed E-state index contributed by atoms with van der Waals surface area (Å²) in [6, 6.07) is 4.84. The largest absolute Gasteiger partial charge is 0.492 e. The van der Waals surface area contributed by atoms with Gasteiger partial charge in [0.2, 0.25) is 11.8 Å². The summed E-state index contributed by atoms with van der Waals surface area (Å²) in [6.45, 7) is 7.33. The first kappa shape index (κ1) is 17.0. The van der Waals surface area contributed by atoms with E-state index in [0.29, 0.717) is 23.6 Å². The smallest absolute Gasteiger partial charge is 0.241 e. The molecule has 0 unspecified atom stereocenters. The first-order chi connectivity index (χ1) is 12.2. The van der Waals surface area contributed by atoms with Crippen molar-refractivity contribution in [1.29, 1.82) is 0 Å². The van der Waals surface area contributed by atoms with Gasteiger partial charge in [-0.15, -0.1) is 0 Å². The van der Waals surface area contributed by atoms with Crippen molar-refractivity contribution in [3.63, 3.8) is 0 Å². The molecule has 6 heteroatoms. The number of Topliss-reactive ketones (excluding diaryl/α,β-unsaturated/α-hetero) is 1. The molecule has 1 aromatic rings. The lowest BCUT2D eigenvalue weighted by molar-refractivity contribution is -0.128. The van der Waals surface area contributed by atoms with Gasteiger partial charge in [-0.05, 0) is 45.9 Å². The van der Waals surface area contributed by atoms with Gasteiger partial charge in [-0.2, -0.15) is 0 Å². The summed E-state index contributed by atoms with van der Waals surface area (Å²) in [5, 5.41) is 0. The van der Waals surface area contributed by atoms with Crippen molar-refractivity contribution in [2.24, 2.45) is 11.8 Å². The molecule has 0 aliphatic carbocycles. The molecule has 26 heavy (non-hydrogen) atoms. The van der Waals surface area contributed by atoms with Gasteiger partial charge in [-0.3, -0.25) is 14.4 Å². The number of amides is 2. The topological polar surface area (TPSA) is 72.9 Å². The van der Waals surface area contributed by atoms with E-state index >= 15 is 0 Å². The first-order valence-electron chi connectivity index (χ1n) is 8.78. The second-order valence-electron chi connectivity index (χ2n) is 7.44. The maximum absolute atomic E-state index is 13.2. The number of rotatable bonds is 4. The van der Waals surface area contributed by atoms with Gasteiger partial charge in [0, 0.05) is 5.56 Å². The number of hydrogen-bond donors (Lipinski definition) is 0. The Morgan fingerprint density at radius 2 is 1.73 bits per heavy atom. The lowest BCUT2D eigenvalue weighted by Crippen LogP contribution is -2.39. The Balaban J connectivity index is 1.83. The van der Waals surface area contributed by atoms with Crippen LogP contribution in [0.3, 0.4) is 0 Å². The van der Waals surface area contributed by atoms with E-state index in [1.807, 2.05) is 32.9 Å². The predicted molar refractivity (Wildman–Crippen MR) is 94.1 cm³/mol. The SMILES string of the molecule is CCOc1ccc(C(C)=O)cc1N1C(=O)[C@@H]2[C@@H](C1=O)[C@]1(C)C=C[C@]2(C)O1. The van der Waals surface area contributed by atoms with E-state index in [9.17, 15) is 14.4 Å². The Bertz CT molecular complexity index is 839. The van der Waals surface area contributed by atoms with Crippen LogP contribution in [0.5, 0.6) is 5.75 Å². The average molecular weight is 355 g/mol. The zero-order valence-electron chi connectivity index (χ0n) is 15.2. The molecule has 0 saturated carbocycles.